The number of rotatable bonds is 22. The number of Topliss-reactive ketones (excluding diaryl/α,β-unsaturated/α-hetero) is 1. The van der Waals surface area contributed by atoms with Gasteiger partial charge in [0.1, 0.15) is 17.2 Å². The molecule has 1 aliphatic rings. The molecule has 13 heteroatoms. The van der Waals surface area contributed by atoms with Gasteiger partial charge in [0.05, 0.1) is 11.8 Å². The first-order chi connectivity index (χ1) is 28.0. The monoisotopic (exact) mass is 835 g/mol. The van der Waals surface area contributed by atoms with E-state index in [1.165, 1.54) is 65.4 Å². The van der Waals surface area contributed by atoms with Crippen LogP contribution in [0.3, 0.4) is 0 Å². The summed E-state index contributed by atoms with van der Waals surface area (Å²) in [6.45, 7) is 20.7. The lowest BCUT2D eigenvalue weighted by molar-refractivity contribution is -0.145. The van der Waals surface area contributed by atoms with Crippen LogP contribution in [0.25, 0.3) is 0 Å². The van der Waals surface area contributed by atoms with Crippen molar-refractivity contribution < 1.29 is 47.7 Å². The molecule has 3 rings (SSSR count). The summed E-state index contributed by atoms with van der Waals surface area (Å²) in [4.78, 5) is 80.7. The van der Waals surface area contributed by atoms with Gasteiger partial charge < -0.3 is 29.6 Å². The molecular formula is C47H69N3O10. The zero-order valence-electron chi connectivity index (χ0n) is 38.0. The quantitative estimate of drug-likeness (QED) is 0.0504. The normalized spacial score (nSPS) is 15.0. The van der Waals surface area contributed by atoms with E-state index in [2.05, 4.69) is 17.6 Å². The number of esters is 1. The van der Waals surface area contributed by atoms with Gasteiger partial charge in [-0.15, -0.1) is 0 Å². The van der Waals surface area contributed by atoms with Crippen LogP contribution in [0.1, 0.15) is 159 Å². The van der Waals surface area contributed by atoms with Gasteiger partial charge in [-0.3, -0.25) is 24.0 Å². The molecule has 2 atom stereocenters. The minimum absolute atomic E-state index is 0.0977. The maximum Gasteiger partial charge on any atom is 0.418 e. The lowest BCUT2D eigenvalue weighted by Gasteiger charge is -2.29. The summed E-state index contributed by atoms with van der Waals surface area (Å²) < 4.78 is 23.1. The first-order valence-electron chi connectivity index (χ1n) is 21.5. The van der Waals surface area contributed by atoms with Gasteiger partial charge in [-0.25, -0.2) is 9.69 Å². The van der Waals surface area contributed by atoms with Crippen LogP contribution < -0.4 is 24.8 Å². The van der Waals surface area contributed by atoms with Crippen molar-refractivity contribution in [2.24, 2.45) is 5.41 Å². The van der Waals surface area contributed by atoms with Gasteiger partial charge in [-0.05, 0) is 82.3 Å². The Labute approximate surface area is 357 Å². The number of cyclic esters (lactones) is 1. The fraction of sp³-hybridized carbons (Fsp3) is 0.617. The maximum atomic E-state index is 14.1. The van der Waals surface area contributed by atoms with E-state index in [0.29, 0.717) is 28.5 Å². The molecular weight excluding hydrogens is 767 g/mol. The largest absolute Gasteiger partial charge is 0.489 e. The van der Waals surface area contributed by atoms with Crippen LogP contribution in [0.2, 0.25) is 0 Å². The minimum atomic E-state index is -1.85. The second kappa shape index (κ2) is 21.5. The number of carbonyl (C=O) groups is 6. The van der Waals surface area contributed by atoms with Crippen molar-refractivity contribution in [1.82, 2.24) is 4.90 Å². The molecule has 13 nitrogen and oxygen atoms in total. The molecule has 0 bridgehead atoms. The Morgan fingerprint density at radius 3 is 1.87 bits per heavy atom. The lowest BCUT2D eigenvalue weighted by atomic mass is 9.85. The number of hydrogen-bond acceptors (Lipinski definition) is 10. The van der Waals surface area contributed by atoms with E-state index in [-0.39, 0.29) is 17.5 Å². The molecule has 2 aromatic carbocycles. The number of ketones is 1. The number of anilines is 2. The number of imide groups is 1. The zero-order chi connectivity index (χ0) is 45.0. The summed E-state index contributed by atoms with van der Waals surface area (Å²) in [5.74, 6) is -2.26. The standard InChI is InChI=1S/C47H69N3O10/c1-13-14-15-16-17-18-19-20-21-22-23-38(59-33-25-27-36(58-31(4)51)34(29-33)45(5,6)7)41(53)48-32-24-26-37(57-30(2)3)35(28-32)49-42(54)39(40(52)46(8,9)10)50-43(55)47(11,12)60-44(50)56/h24-30,38-39H,13-23H2,1-12H3,(H,48,53)(H,49,54). The van der Waals surface area contributed by atoms with E-state index in [1.54, 1.807) is 65.0 Å². The van der Waals surface area contributed by atoms with E-state index < -0.39 is 64.1 Å². The number of ether oxygens (including phenoxy) is 4. The van der Waals surface area contributed by atoms with Crippen molar-refractivity contribution in [1.29, 1.82) is 0 Å². The lowest BCUT2D eigenvalue weighted by Crippen LogP contribution is -2.55. The van der Waals surface area contributed by atoms with E-state index in [0.717, 1.165) is 31.2 Å². The number of nitrogens with zero attached hydrogens (tertiary/aromatic N) is 1. The number of amides is 4. The smallest absolute Gasteiger partial charge is 0.418 e. The maximum absolute atomic E-state index is 14.1. The summed E-state index contributed by atoms with van der Waals surface area (Å²) in [5, 5.41) is 5.64. The Bertz CT molecular complexity index is 1840. The highest BCUT2D eigenvalue weighted by atomic mass is 16.6. The second-order valence-electron chi connectivity index (χ2n) is 18.5. The molecule has 4 amide bonds. The number of hydrogen-bond donors (Lipinski definition) is 2. The fourth-order valence-electron chi connectivity index (χ4n) is 6.79. The van der Waals surface area contributed by atoms with Crippen LogP contribution >= 0.6 is 0 Å². The number of unbranched alkanes of at least 4 members (excludes halogenated alkanes) is 9. The minimum Gasteiger partial charge on any atom is -0.489 e. The van der Waals surface area contributed by atoms with E-state index in [1.807, 2.05) is 20.8 Å². The number of carbonyl (C=O) groups excluding carboxylic acids is 6. The van der Waals surface area contributed by atoms with Crippen molar-refractivity contribution in [3.63, 3.8) is 0 Å². The third-order valence-electron chi connectivity index (χ3n) is 10.0. The third-order valence-corrected chi connectivity index (χ3v) is 10.0. The van der Waals surface area contributed by atoms with Gasteiger partial charge in [-0.2, -0.15) is 0 Å². The molecule has 0 spiro atoms. The van der Waals surface area contributed by atoms with Gasteiger partial charge in [0.15, 0.2) is 23.5 Å². The first-order valence-corrected chi connectivity index (χ1v) is 21.5. The SMILES string of the molecule is CCCCCCCCCCCCC(Oc1ccc(OC(C)=O)c(C(C)(C)C)c1)C(=O)Nc1ccc(OC(C)C)c(NC(=O)C(C(=O)C(C)(C)C)N2C(=O)OC(C)(C)C2=O)c1. The average molecular weight is 836 g/mol. The van der Waals surface area contributed by atoms with Gasteiger partial charge in [0.2, 0.25) is 0 Å². The van der Waals surface area contributed by atoms with E-state index in [9.17, 15) is 28.8 Å². The summed E-state index contributed by atoms with van der Waals surface area (Å²) >= 11 is 0. The Balaban J connectivity index is 1.93. The predicted octanol–water partition coefficient (Wildman–Crippen LogP) is 10.1. The molecule has 2 unspecified atom stereocenters. The Morgan fingerprint density at radius 2 is 1.35 bits per heavy atom. The number of benzene rings is 2. The molecule has 1 saturated heterocycles. The van der Waals surface area contributed by atoms with Crippen LogP contribution in [0.15, 0.2) is 36.4 Å². The molecule has 0 aromatic heterocycles. The Hall–Kier alpha value is -4.94. The molecule has 332 valence electrons. The first kappa shape index (κ1) is 49.4. The zero-order valence-corrected chi connectivity index (χ0v) is 38.0. The molecule has 1 heterocycles. The number of nitrogens with one attached hydrogen (secondary N) is 2. The van der Waals surface area contributed by atoms with E-state index >= 15 is 0 Å². The molecule has 0 aliphatic carbocycles. The topological polar surface area (TPSA) is 167 Å². The highest BCUT2D eigenvalue weighted by Gasteiger charge is 2.55. The van der Waals surface area contributed by atoms with Crippen molar-refractivity contribution in [2.45, 2.75) is 183 Å². The summed E-state index contributed by atoms with van der Waals surface area (Å²) in [6, 6.07) is 7.98. The Morgan fingerprint density at radius 1 is 0.767 bits per heavy atom. The van der Waals surface area contributed by atoms with Crippen molar-refractivity contribution in [2.75, 3.05) is 10.6 Å². The van der Waals surface area contributed by atoms with Crippen molar-refractivity contribution in [3.05, 3.63) is 42.0 Å². The van der Waals surface area contributed by atoms with Crippen molar-refractivity contribution in [3.8, 4) is 17.2 Å². The fourth-order valence-corrected chi connectivity index (χ4v) is 6.79. The highest BCUT2D eigenvalue weighted by molar-refractivity contribution is 6.19. The molecule has 2 N–H and O–H groups in total. The third kappa shape index (κ3) is 14.4. The molecule has 0 saturated carbocycles. The Kier molecular flexibility index (Phi) is 17.7. The van der Waals surface area contributed by atoms with Crippen LogP contribution in [0.4, 0.5) is 16.2 Å². The van der Waals surface area contributed by atoms with Gasteiger partial charge in [-0.1, -0.05) is 106 Å². The molecule has 0 radical (unpaired) electrons. The predicted molar refractivity (Wildman–Crippen MR) is 232 cm³/mol. The molecule has 1 fully saturated rings. The van der Waals surface area contributed by atoms with E-state index in [4.69, 9.17) is 18.9 Å². The van der Waals surface area contributed by atoms with Crippen LogP contribution in [-0.4, -0.2) is 64.3 Å². The summed E-state index contributed by atoms with van der Waals surface area (Å²) in [7, 11) is 0. The highest BCUT2D eigenvalue weighted by Crippen LogP contribution is 2.36. The van der Waals surface area contributed by atoms with Crippen molar-refractivity contribution >= 4 is 46.9 Å². The second-order valence-corrected chi connectivity index (χ2v) is 18.5. The van der Waals surface area contributed by atoms with Gasteiger partial charge >= 0.3 is 12.1 Å². The molecule has 2 aromatic rings. The van der Waals surface area contributed by atoms with Crippen LogP contribution in [0.5, 0.6) is 17.2 Å². The van der Waals surface area contributed by atoms with Crippen LogP contribution in [0, 0.1) is 5.41 Å². The average Bonchev–Trinajstić information content (AvgIpc) is 3.33. The summed E-state index contributed by atoms with van der Waals surface area (Å²) in [6.07, 6.45) is 9.36. The van der Waals surface area contributed by atoms with Gasteiger partial charge in [0.25, 0.3) is 17.7 Å². The molecule has 60 heavy (non-hydrogen) atoms. The summed E-state index contributed by atoms with van der Waals surface area (Å²) in [5.41, 5.74) is -1.98. The van der Waals surface area contributed by atoms with Gasteiger partial charge in [0, 0.05) is 23.6 Å². The van der Waals surface area contributed by atoms with Crippen LogP contribution in [-0.2, 0) is 34.1 Å². The molecule has 1 aliphatic heterocycles.